The fourth-order valence-corrected chi connectivity index (χ4v) is 3.75. The van der Waals surface area contributed by atoms with Crippen LogP contribution in [0.2, 0.25) is 0 Å². The third-order valence-electron chi connectivity index (χ3n) is 5.44. The van der Waals surface area contributed by atoms with Gasteiger partial charge in [-0.3, -0.25) is 0 Å². The number of carbonyl (C=O) groups is 1. The summed E-state index contributed by atoms with van der Waals surface area (Å²) in [6.45, 7) is 4.32. The standard InChI is InChI=1S/C19H27FN2O/c1-2-22(13-15-5-6-15)18(23)21-14-19(11-3-4-12-19)16-7-9-17(20)10-8-16/h7-10,15H,2-6,11-14H2,1H3,(H,21,23). The minimum Gasteiger partial charge on any atom is -0.337 e. The van der Waals surface area contributed by atoms with Gasteiger partial charge in [0.2, 0.25) is 0 Å². The number of rotatable bonds is 6. The monoisotopic (exact) mass is 318 g/mol. The van der Waals surface area contributed by atoms with Gasteiger partial charge in [-0.15, -0.1) is 0 Å². The topological polar surface area (TPSA) is 32.3 Å². The summed E-state index contributed by atoms with van der Waals surface area (Å²) in [4.78, 5) is 14.4. The first kappa shape index (κ1) is 16.3. The molecule has 0 unspecified atom stereocenters. The Morgan fingerprint density at radius 3 is 2.48 bits per heavy atom. The van der Waals surface area contributed by atoms with E-state index in [0.717, 1.165) is 31.5 Å². The predicted molar refractivity (Wildman–Crippen MR) is 89.9 cm³/mol. The van der Waals surface area contributed by atoms with Crippen molar-refractivity contribution in [3.05, 3.63) is 35.6 Å². The van der Waals surface area contributed by atoms with Gasteiger partial charge in [0.15, 0.2) is 0 Å². The summed E-state index contributed by atoms with van der Waals surface area (Å²) in [7, 11) is 0. The highest BCUT2D eigenvalue weighted by Crippen LogP contribution is 2.40. The Hall–Kier alpha value is -1.58. The lowest BCUT2D eigenvalue weighted by atomic mass is 9.79. The molecule has 2 saturated carbocycles. The highest BCUT2D eigenvalue weighted by atomic mass is 19.1. The van der Waals surface area contributed by atoms with Crippen LogP contribution in [0.1, 0.15) is 51.0 Å². The Morgan fingerprint density at radius 2 is 1.91 bits per heavy atom. The predicted octanol–water partition coefficient (Wildman–Crippen LogP) is 4.08. The second kappa shape index (κ2) is 6.90. The van der Waals surface area contributed by atoms with E-state index >= 15 is 0 Å². The maximum absolute atomic E-state index is 13.2. The molecule has 2 amide bonds. The number of nitrogens with zero attached hydrogens (tertiary/aromatic N) is 1. The maximum atomic E-state index is 13.2. The van der Waals surface area contributed by atoms with E-state index in [1.54, 1.807) is 0 Å². The van der Waals surface area contributed by atoms with Gasteiger partial charge in [-0.1, -0.05) is 25.0 Å². The van der Waals surface area contributed by atoms with Gasteiger partial charge in [0.25, 0.3) is 0 Å². The van der Waals surface area contributed by atoms with Crippen LogP contribution in [-0.2, 0) is 5.41 Å². The largest absolute Gasteiger partial charge is 0.337 e. The lowest BCUT2D eigenvalue weighted by Gasteiger charge is -2.31. The summed E-state index contributed by atoms with van der Waals surface area (Å²) in [6.07, 6.45) is 6.98. The molecule has 0 bridgehead atoms. The molecule has 0 saturated heterocycles. The van der Waals surface area contributed by atoms with Crippen molar-refractivity contribution in [2.45, 2.75) is 50.9 Å². The van der Waals surface area contributed by atoms with Crippen molar-refractivity contribution in [2.75, 3.05) is 19.6 Å². The third-order valence-corrected chi connectivity index (χ3v) is 5.44. The normalized spacial score (nSPS) is 19.6. The van der Waals surface area contributed by atoms with Crippen LogP contribution in [0, 0.1) is 11.7 Å². The molecule has 126 valence electrons. The van der Waals surface area contributed by atoms with Crippen molar-refractivity contribution in [1.29, 1.82) is 0 Å². The van der Waals surface area contributed by atoms with E-state index in [9.17, 15) is 9.18 Å². The lowest BCUT2D eigenvalue weighted by Crippen LogP contribution is -2.46. The molecule has 0 heterocycles. The molecule has 2 aliphatic rings. The van der Waals surface area contributed by atoms with E-state index < -0.39 is 0 Å². The molecule has 3 rings (SSSR count). The smallest absolute Gasteiger partial charge is 0.317 e. The van der Waals surface area contributed by atoms with E-state index in [1.807, 2.05) is 24.0 Å². The first-order valence-electron chi connectivity index (χ1n) is 8.92. The molecule has 4 heteroatoms. The van der Waals surface area contributed by atoms with E-state index in [1.165, 1.54) is 37.8 Å². The van der Waals surface area contributed by atoms with Crippen LogP contribution in [-0.4, -0.2) is 30.6 Å². The fourth-order valence-electron chi connectivity index (χ4n) is 3.75. The van der Waals surface area contributed by atoms with Crippen LogP contribution in [0.5, 0.6) is 0 Å². The van der Waals surface area contributed by atoms with Crippen LogP contribution in [0.25, 0.3) is 0 Å². The molecule has 0 atom stereocenters. The highest BCUT2D eigenvalue weighted by molar-refractivity contribution is 5.74. The summed E-state index contributed by atoms with van der Waals surface area (Å²) in [5.41, 5.74) is 1.13. The molecular weight excluding hydrogens is 291 g/mol. The van der Waals surface area contributed by atoms with Crippen LogP contribution in [0.4, 0.5) is 9.18 Å². The summed E-state index contributed by atoms with van der Waals surface area (Å²) in [5.74, 6) is 0.505. The second-order valence-electron chi connectivity index (χ2n) is 7.14. The molecule has 2 fully saturated rings. The number of hydrogen-bond donors (Lipinski definition) is 1. The summed E-state index contributed by atoms with van der Waals surface area (Å²) < 4.78 is 13.2. The Morgan fingerprint density at radius 1 is 1.26 bits per heavy atom. The van der Waals surface area contributed by atoms with Crippen LogP contribution < -0.4 is 5.32 Å². The van der Waals surface area contributed by atoms with Gasteiger partial charge in [0, 0.05) is 25.0 Å². The molecule has 1 N–H and O–H groups in total. The van der Waals surface area contributed by atoms with Gasteiger partial charge >= 0.3 is 6.03 Å². The van der Waals surface area contributed by atoms with E-state index in [2.05, 4.69) is 5.32 Å². The Labute approximate surface area is 138 Å². The van der Waals surface area contributed by atoms with Crippen LogP contribution in [0.15, 0.2) is 24.3 Å². The zero-order valence-electron chi connectivity index (χ0n) is 14.0. The number of amides is 2. The third kappa shape index (κ3) is 3.85. The zero-order chi connectivity index (χ0) is 16.3. The minimum atomic E-state index is -0.201. The Bertz CT molecular complexity index is 533. The quantitative estimate of drug-likeness (QED) is 0.842. The highest BCUT2D eigenvalue weighted by Gasteiger charge is 2.36. The molecule has 1 aromatic rings. The number of hydrogen-bond acceptors (Lipinski definition) is 1. The maximum Gasteiger partial charge on any atom is 0.317 e. The zero-order valence-corrected chi connectivity index (χ0v) is 14.0. The molecule has 1 aromatic carbocycles. The number of halogens is 1. The molecule has 0 aromatic heterocycles. The van der Waals surface area contributed by atoms with E-state index in [4.69, 9.17) is 0 Å². The van der Waals surface area contributed by atoms with Gasteiger partial charge < -0.3 is 10.2 Å². The van der Waals surface area contributed by atoms with Crippen molar-refractivity contribution in [1.82, 2.24) is 10.2 Å². The number of benzene rings is 1. The van der Waals surface area contributed by atoms with Gasteiger partial charge in [-0.2, -0.15) is 0 Å². The lowest BCUT2D eigenvalue weighted by molar-refractivity contribution is 0.194. The van der Waals surface area contributed by atoms with Crippen LogP contribution >= 0.6 is 0 Å². The van der Waals surface area contributed by atoms with E-state index in [0.29, 0.717) is 12.5 Å². The Balaban J connectivity index is 1.65. The Kier molecular flexibility index (Phi) is 4.88. The van der Waals surface area contributed by atoms with Gasteiger partial charge in [-0.05, 0) is 56.2 Å². The van der Waals surface area contributed by atoms with Crippen molar-refractivity contribution in [2.24, 2.45) is 5.92 Å². The molecular formula is C19H27FN2O. The SMILES string of the molecule is CCN(CC1CC1)C(=O)NCC1(c2ccc(F)cc2)CCCC1. The van der Waals surface area contributed by atoms with Gasteiger partial charge in [0.05, 0.1) is 0 Å². The molecule has 0 radical (unpaired) electrons. The molecule has 0 aliphatic heterocycles. The van der Waals surface area contributed by atoms with Crippen molar-refractivity contribution in [3.63, 3.8) is 0 Å². The molecule has 0 spiro atoms. The average Bonchev–Trinajstić information content (AvgIpc) is 3.26. The number of nitrogens with one attached hydrogen (secondary N) is 1. The van der Waals surface area contributed by atoms with Gasteiger partial charge in [0.1, 0.15) is 5.82 Å². The second-order valence-corrected chi connectivity index (χ2v) is 7.14. The first-order chi connectivity index (χ1) is 11.1. The number of urea groups is 1. The van der Waals surface area contributed by atoms with Crippen molar-refractivity contribution >= 4 is 6.03 Å². The van der Waals surface area contributed by atoms with E-state index in [-0.39, 0.29) is 17.3 Å². The summed E-state index contributed by atoms with van der Waals surface area (Å²) in [6, 6.07) is 6.88. The molecule has 23 heavy (non-hydrogen) atoms. The van der Waals surface area contributed by atoms with Crippen LogP contribution in [0.3, 0.4) is 0 Å². The number of carbonyl (C=O) groups excluding carboxylic acids is 1. The fraction of sp³-hybridized carbons (Fsp3) is 0.632. The molecule has 3 nitrogen and oxygen atoms in total. The van der Waals surface area contributed by atoms with Gasteiger partial charge in [-0.25, -0.2) is 9.18 Å². The first-order valence-corrected chi connectivity index (χ1v) is 8.92. The minimum absolute atomic E-state index is 0.0254. The van der Waals surface area contributed by atoms with Crippen molar-refractivity contribution in [3.8, 4) is 0 Å². The molecule has 2 aliphatic carbocycles. The summed E-state index contributed by atoms with van der Waals surface area (Å²) >= 11 is 0. The van der Waals surface area contributed by atoms with Crippen molar-refractivity contribution < 1.29 is 9.18 Å². The summed E-state index contributed by atoms with van der Waals surface area (Å²) in [5, 5.41) is 3.16. The average molecular weight is 318 g/mol.